The van der Waals surface area contributed by atoms with Gasteiger partial charge in [0.25, 0.3) is 0 Å². The molecule has 1 unspecified atom stereocenters. The van der Waals surface area contributed by atoms with Gasteiger partial charge in [-0.25, -0.2) is 4.57 Å². The Labute approximate surface area is 196 Å². The van der Waals surface area contributed by atoms with Gasteiger partial charge in [0, 0.05) is 6.42 Å². The number of hydrogen-bond acceptors (Lipinski definition) is 5. The molecule has 1 N–H and O–H groups in total. The largest absolute Gasteiger partial charge is 0.472 e. The zero-order chi connectivity index (χ0) is 24.1. The van der Waals surface area contributed by atoms with Crippen molar-refractivity contribution in [2.24, 2.45) is 0 Å². The Balaban J connectivity index is 3.52. The Morgan fingerprint density at radius 1 is 0.844 bits per heavy atom. The van der Waals surface area contributed by atoms with Crippen LogP contribution in [0.2, 0.25) is 0 Å². The molecule has 0 rings (SSSR count). The molecule has 0 saturated heterocycles. The van der Waals surface area contributed by atoms with Crippen molar-refractivity contribution >= 4 is 13.8 Å². The lowest BCUT2D eigenvalue weighted by molar-refractivity contribution is -0.870. The van der Waals surface area contributed by atoms with Crippen molar-refractivity contribution in [3.63, 3.8) is 0 Å². The van der Waals surface area contributed by atoms with Crippen LogP contribution in [0.15, 0.2) is 12.3 Å². The Kier molecular flexibility index (Phi) is 19.3. The highest BCUT2D eigenvalue weighted by Gasteiger charge is 2.21. The normalized spacial score (nSPS) is 14.0. The van der Waals surface area contributed by atoms with E-state index in [-0.39, 0.29) is 19.2 Å². The lowest BCUT2D eigenvalue weighted by atomic mass is 10.0. The minimum atomic E-state index is -4.09. The number of quaternary nitrogens is 1. The van der Waals surface area contributed by atoms with E-state index in [1.54, 1.807) is 0 Å². The van der Waals surface area contributed by atoms with Gasteiger partial charge in [-0.05, 0) is 12.5 Å². The zero-order valence-corrected chi connectivity index (χ0v) is 22.0. The summed E-state index contributed by atoms with van der Waals surface area (Å²) in [5.74, 6) is -0.296. The Bertz CT molecular complexity index is 533. The molecule has 0 saturated carbocycles. The molecular formula is C24H49NO6P+. The number of ether oxygens (including phenoxy) is 1. The SMILES string of the molecule is CCCCCCCCCCCCCCCC(=O)OC=CCOP(=O)(O)OCC[N+](C)(C)C. The molecule has 0 amide bonds. The number of esters is 1. The van der Waals surface area contributed by atoms with Crippen LogP contribution in [0.5, 0.6) is 0 Å². The van der Waals surface area contributed by atoms with Crippen LogP contribution in [-0.2, 0) is 23.1 Å². The van der Waals surface area contributed by atoms with Crippen LogP contribution in [0.3, 0.4) is 0 Å². The van der Waals surface area contributed by atoms with Crippen molar-refractivity contribution in [3.05, 3.63) is 12.3 Å². The van der Waals surface area contributed by atoms with Gasteiger partial charge in [-0.2, -0.15) is 0 Å². The van der Waals surface area contributed by atoms with E-state index < -0.39 is 7.82 Å². The van der Waals surface area contributed by atoms with Crippen molar-refractivity contribution in [1.82, 2.24) is 0 Å². The minimum absolute atomic E-state index is 0.120. The number of carbonyl (C=O) groups excluding carboxylic acids is 1. The molecule has 0 spiro atoms. The van der Waals surface area contributed by atoms with Gasteiger partial charge in [0.1, 0.15) is 13.2 Å². The standard InChI is InChI=1S/C24H48NO6P/c1-5-6-7-8-9-10-11-12-13-14-15-16-17-19-24(26)29-21-18-22-30-32(27,28)31-23-20-25(2,3)4/h18,21H,5-17,19-20,22-23H2,1-4H3/p+1. The van der Waals surface area contributed by atoms with E-state index in [0.29, 0.717) is 17.4 Å². The molecule has 1 atom stereocenters. The maximum Gasteiger partial charge on any atom is 0.472 e. The van der Waals surface area contributed by atoms with Crippen molar-refractivity contribution in [2.75, 3.05) is 40.9 Å². The molecule has 0 aliphatic rings. The fourth-order valence-corrected chi connectivity index (χ4v) is 3.78. The van der Waals surface area contributed by atoms with E-state index in [1.165, 1.54) is 76.5 Å². The van der Waals surface area contributed by atoms with Crippen LogP contribution >= 0.6 is 7.82 Å². The number of hydrogen-bond donors (Lipinski definition) is 1. The number of phosphoric acid groups is 1. The van der Waals surface area contributed by atoms with Gasteiger partial charge >= 0.3 is 13.8 Å². The van der Waals surface area contributed by atoms with Crippen molar-refractivity contribution in [1.29, 1.82) is 0 Å². The van der Waals surface area contributed by atoms with E-state index >= 15 is 0 Å². The van der Waals surface area contributed by atoms with Crippen molar-refractivity contribution < 1.29 is 32.5 Å². The summed E-state index contributed by atoms with van der Waals surface area (Å²) in [4.78, 5) is 21.3. The summed E-state index contributed by atoms with van der Waals surface area (Å²) in [6, 6.07) is 0. The molecule has 0 aromatic heterocycles. The molecule has 0 aliphatic carbocycles. The second-order valence-electron chi connectivity index (χ2n) is 9.47. The van der Waals surface area contributed by atoms with E-state index in [0.717, 1.165) is 19.3 Å². The van der Waals surface area contributed by atoms with Crippen molar-refractivity contribution in [2.45, 2.75) is 96.8 Å². The topological polar surface area (TPSA) is 82.1 Å². The zero-order valence-electron chi connectivity index (χ0n) is 21.1. The molecule has 0 aliphatic heterocycles. The summed E-state index contributed by atoms with van der Waals surface area (Å²) >= 11 is 0. The molecule has 7 nitrogen and oxygen atoms in total. The highest BCUT2D eigenvalue weighted by molar-refractivity contribution is 7.47. The average Bonchev–Trinajstić information content (AvgIpc) is 2.70. The fourth-order valence-electron chi connectivity index (χ4n) is 3.11. The van der Waals surface area contributed by atoms with E-state index in [4.69, 9.17) is 13.8 Å². The van der Waals surface area contributed by atoms with Crippen LogP contribution in [0.1, 0.15) is 96.8 Å². The highest BCUT2D eigenvalue weighted by Crippen LogP contribution is 2.42. The molecule has 0 radical (unpaired) electrons. The maximum atomic E-state index is 11.7. The Morgan fingerprint density at radius 3 is 1.84 bits per heavy atom. The number of phosphoric ester groups is 1. The third kappa shape index (κ3) is 23.9. The minimum Gasteiger partial charge on any atom is -0.435 e. The van der Waals surface area contributed by atoms with Gasteiger partial charge in [-0.15, -0.1) is 0 Å². The molecular weight excluding hydrogens is 429 g/mol. The molecule has 190 valence electrons. The predicted octanol–water partition coefficient (Wildman–Crippen LogP) is 6.36. The first kappa shape index (κ1) is 31.3. The third-order valence-electron chi connectivity index (χ3n) is 5.13. The van der Waals surface area contributed by atoms with Gasteiger partial charge in [-0.3, -0.25) is 13.8 Å². The molecule has 0 bridgehead atoms. The monoisotopic (exact) mass is 478 g/mol. The number of nitrogens with zero attached hydrogens (tertiary/aromatic N) is 1. The number of unbranched alkanes of at least 4 members (excludes halogenated alkanes) is 12. The molecule has 0 aromatic carbocycles. The first-order chi connectivity index (χ1) is 15.2. The van der Waals surface area contributed by atoms with Gasteiger partial charge in [-0.1, -0.05) is 84.0 Å². The first-order valence-electron chi connectivity index (χ1n) is 12.4. The Morgan fingerprint density at radius 2 is 1.34 bits per heavy atom. The third-order valence-corrected chi connectivity index (χ3v) is 6.11. The molecule has 0 aromatic rings. The van der Waals surface area contributed by atoms with E-state index in [9.17, 15) is 14.3 Å². The van der Waals surface area contributed by atoms with Crippen molar-refractivity contribution in [3.8, 4) is 0 Å². The highest BCUT2D eigenvalue weighted by atomic mass is 31.2. The van der Waals surface area contributed by atoms with Crippen LogP contribution in [0, 0.1) is 0 Å². The second-order valence-corrected chi connectivity index (χ2v) is 10.9. The summed E-state index contributed by atoms with van der Waals surface area (Å²) < 4.78 is 27.0. The molecule has 32 heavy (non-hydrogen) atoms. The number of rotatable bonds is 22. The molecule has 0 fully saturated rings. The summed E-state index contributed by atoms with van der Waals surface area (Å²) in [6.45, 7) is 2.79. The molecule has 0 heterocycles. The smallest absolute Gasteiger partial charge is 0.435 e. The lowest BCUT2D eigenvalue weighted by Gasteiger charge is -2.23. The predicted molar refractivity (Wildman–Crippen MR) is 130 cm³/mol. The summed E-state index contributed by atoms with van der Waals surface area (Å²) in [5, 5.41) is 0. The van der Waals surface area contributed by atoms with E-state index in [2.05, 4.69) is 6.92 Å². The Hall–Kier alpha value is -0.720. The van der Waals surface area contributed by atoms with Crippen LogP contribution in [0.25, 0.3) is 0 Å². The van der Waals surface area contributed by atoms with Gasteiger partial charge < -0.3 is 14.1 Å². The maximum absolute atomic E-state index is 11.7. The van der Waals surface area contributed by atoms with Crippen LogP contribution in [0.4, 0.5) is 0 Å². The van der Waals surface area contributed by atoms with E-state index in [1.807, 2.05) is 21.1 Å². The summed E-state index contributed by atoms with van der Waals surface area (Å²) in [5.41, 5.74) is 0. The quantitative estimate of drug-likeness (QED) is 0.0640. The summed E-state index contributed by atoms with van der Waals surface area (Å²) in [7, 11) is 1.79. The van der Waals surface area contributed by atoms with Gasteiger partial charge in [0.15, 0.2) is 0 Å². The average molecular weight is 479 g/mol. The fraction of sp³-hybridized carbons (Fsp3) is 0.875. The van der Waals surface area contributed by atoms with Crippen LogP contribution in [-0.4, -0.2) is 56.2 Å². The second kappa shape index (κ2) is 19.7. The summed E-state index contributed by atoms with van der Waals surface area (Å²) in [6.07, 6.45) is 19.4. The number of carbonyl (C=O) groups is 1. The molecule has 8 heteroatoms. The van der Waals surface area contributed by atoms with Gasteiger partial charge in [0.2, 0.25) is 0 Å². The number of likely N-dealkylation sites (N-methyl/N-ethyl adjacent to an activating group) is 1. The first-order valence-corrected chi connectivity index (χ1v) is 13.9. The lowest BCUT2D eigenvalue weighted by Crippen LogP contribution is -2.37. The van der Waals surface area contributed by atoms with Gasteiger partial charge in [0.05, 0.1) is 34.0 Å². The van der Waals surface area contributed by atoms with Crippen LogP contribution < -0.4 is 0 Å².